The molecule has 0 saturated carbocycles. The predicted octanol–water partition coefficient (Wildman–Crippen LogP) is 2.59. The Hall–Kier alpha value is -1.63. The first-order chi connectivity index (χ1) is 10.8. The van der Waals surface area contributed by atoms with Crippen molar-refractivity contribution in [1.82, 2.24) is 20.8 Å². The lowest BCUT2D eigenvalue weighted by Gasteiger charge is -2.29. The van der Waals surface area contributed by atoms with E-state index in [1.165, 1.54) is 12.8 Å². The molecule has 2 aromatic heterocycles. The zero-order chi connectivity index (χ0) is 14.9. The first-order valence-electron chi connectivity index (χ1n) is 7.72. The van der Waals surface area contributed by atoms with Crippen molar-refractivity contribution in [2.45, 2.75) is 43.8 Å². The van der Waals surface area contributed by atoms with Crippen molar-refractivity contribution in [1.29, 1.82) is 0 Å². The van der Waals surface area contributed by atoms with Crippen LogP contribution in [0.15, 0.2) is 35.1 Å². The number of hydrogen-bond donors (Lipinski definition) is 2. The highest BCUT2D eigenvalue weighted by Crippen LogP contribution is 2.27. The molecule has 24 heavy (non-hydrogen) atoms. The molecule has 2 bridgehead atoms. The first-order valence-corrected chi connectivity index (χ1v) is 7.72. The van der Waals surface area contributed by atoms with Gasteiger partial charge in [-0.25, -0.2) is 0 Å². The minimum Gasteiger partial charge on any atom is -0.355 e. The quantitative estimate of drug-likeness (QED) is 0.867. The number of aromatic nitrogens is 2. The standard InChI is InChI=1S/C16H18N4O2.2ClH/c21-16(19-13-7-11-1-2-12(8-13)18-11)14-9-15(22-20-14)10-3-5-17-6-4-10;;/h3-6,9,11-13,18H,1-2,7-8H2,(H,19,21);2*1H. The maximum Gasteiger partial charge on any atom is 0.273 e. The van der Waals surface area contributed by atoms with Crippen LogP contribution in [0.2, 0.25) is 0 Å². The molecule has 2 fully saturated rings. The topological polar surface area (TPSA) is 80.0 Å². The summed E-state index contributed by atoms with van der Waals surface area (Å²) in [6, 6.07) is 6.66. The summed E-state index contributed by atoms with van der Waals surface area (Å²) in [6.07, 6.45) is 7.79. The maximum atomic E-state index is 12.3. The molecule has 4 rings (SSSR count). The summed E-state index contributed by atoms with van der Waals surface area (Å²) in [5.74, 6) is 0.424. The molecule has 8 heteroatoms. The Bertz CT molecular complexity index is 668. The fourth-order valence-electron chi connectivity index (χ4n) is 3.47. The van der Waals surface area contributed by atoms with Gasteiger partial charge in [0.2, 0.25) is 0 Å². The maximum absolute atomic E-state index is 12.3. The predicted molar refractivity (Wildman–Crippen MR) is 94.7 cm³/mol. The van der Waals surface area contributed by atoms with Crippen molar-refractivity contribution in [3.63, 3.8) is 0 Å². The highest BCUT2D eigenvalue weighted by molar-refractivity contribution is 5.93. The molecular weight excluding hydrogens is 351 g/mol. The molecule has 130 valence electrons. The van der Waals surface area contributed by atoms with Crippen LogP contribution in [0.25, 0.3) is 11.3 Å². The van der Waals surface area contributed by atoms with E-state index in [1.54, 1.807) is 18.5 Å². The van der Waals surface area contributed by atoms with Crippen LogP contribution >= 0.6 is 24.8 Å². The van der Waals surface area contributed by atoms with Crippen molar-refractivity contribution >= 4 is 30.7 Å². The van der Waals surface area contributed by atoms with Gasteiger partial charge in [-0.05, 0) is 37.8 Å². The summed E-state index contributed by atoms with van der Waals surface area (Å²) in [6.45, 7) is 0. The summed E-state index contributed by atoms with van der Waals surface area (Å²) in [7, 11) is 0. The zero-order valence-electron chi connectivity index (χ0n) is 13.0. The number of piperidine rings is 1. The van der Waals surface area contributed by atoms with Gasteiger partial charge in [-0.15, -0.1) is 24.8 Å². The van der Waals surface area contributed by atoms with Crippen molar-refractivity contribution in [3.05, 3.63) is 36.3 Å². The second-order valence-electron chi connectivity index (χ2n) is 6.09. The van der Waals surface area contributed by atoms with Gasteiger partial charge in [-0.2, -0.15) is 0 Å². The lowest BCUT2D eigenvalue weighted by Crippen LogP contribution is -2.48. The van der Waals surface area contributed by atoms with Crippen LogP contribution in [-0.4, -0.2) is 34.2 Å². The minimum atomic E-state index is -0.157. The molecule has 0 aromatic carbocycles. The Morgan fingerprint density at radius 3 is 2.50 bits per heavy atom. The fraction of sp³-hybridized carbons (Fsp3) is 0.438. The van der Waals surface area contributed by atoms with Crippen LogP contribution in [0, 0.1) is 0 Å². The van der Waals surface area contributed by atoms with Crippen LogP contribution < -0.4 is 10.6 Å². The molecule has 0 spiro atoms. The van der Waals surface area contributed by atoms with Gasteiger partial charge in [0.05, 0.1) is 0 Å². The van der Waals surface area contributed by atoms with E-state index >= 15 is 0 Å². The van der Waals surface area contributed by atoms with E-state index in [2.05, 4.69) is 20.8 Å². The molecule has 2 aromatic rings. The normalized spacial score (nSPS) is 24.6. The van der Waals surface area contributed by atoms with Crippen molar-refractivity contribution in [2.75, 3.05) is 0 Å². The van der Waals surface area contributed by atoms with E-state index < -0.39 is 0 Å². The molecule has 2 N–H and O–H groups in total. The highest BCUT2D eigenvalue weighted by atomic mass is 35.5. The van der Waals surface area contributed by atoms with E-state index in [4.69, 9.17) is 4.52 Å². The first kappa shape index (κ1) is 18.7. The average molecular weight is 371 g/mol. The van der Waals surface area contributed by atoms with Gasteiger partial charge in [0.1, 0.15) is 0 Å². The number of carbonyl (C=O) groups is 1. The Kier molecular flexibility index (Phi) is 6.21. The Labute approximate surface area is 152 Å². The second kappa shape index (κ2) is 7.96. The smallest absolute Gasteiger partial charge is 0.273 e. The largest absolute Gasteiger partial charge is 0.355 e. The third-order valence-corrected chi connectivity index (χ3v) is 4.52. The Morgan fingerprint density at radius 1 is 1.17 bits per heavy atom. The molecule has 1 amide bonds. The number of pyridine rings is 1. The summed E-state index contributed by atoms with van der Waals surface area (Å²) in [4.78, 5) is 16.3. The molecular formula is C16H20Cl2N4O2. The molecule has 0 radical (unpaired) electrons. The molecule has 6 nitrogen and oxygen atoms in total. The van der Waals surface area contributed by atoms with Gasteiger partial charge in [0.25, 0.3) is 5.91 Å². The van der Waals surface area contributed by atoms with Gasteiger partial charge in [-0.1, -0.05) is 5.16 Å². The van der Waals surface area contributed by atoms with E-state index in [1.807, 2.05) is 12.1 Å². The van der Waals surface area contributed by atoms with E-state index in [-0.39, 0.29) is 36.8 Å². The number of carbonyl (C=O) groups excluding carboxylic acids is 1. The molecule has 2 unspecified atom stereocenters. The lowest BCUT2D eigenvalue weighted by molar-refractivity contribution is 0.0915. The Morgan fingerprint density at radius 2 is 1.83 bits per heavy atom. The molecule has 4 heterocycles. The summed E-state index contributed by atoms with van der Waals surface area (Å²) in [5, 5.41) is 10.5. The zero-order valence-corrected chi connectivity index (χ0v) is 14.6. The van der Waals surface area contributed by atoms with Crippen molar-refractivity contribution in [3.8, 4) is 11.3 Å². The number of nitrogens with one attached hydrogen (secondary N) is 2. The van der Waals surface area contributed by atoms with E-state index in [0.717, 1.165) is 18.4 Å². The summed E-state index contributed by atoms with van der Waals surface area (Å²) < 4.78 is 5.26. The molecule has 2 saturated heterocycles. The Balaban J connectivity index is 0.00000104. The third kappa shape index (κ3) is 3.88. The SMILES string of the molecule is Cl.Cl.O=C(NC1CC2CCC(C1)N2)c1cc(-c2ccncc2)on1. The van der Waals surface area contributed by atoms with Crippen LogP contribution in [-0.2, 0) is 0 Å². The average Bonchev–Trinajstić information content (AvgIpc) is 3.15. The number of rotatable bonds is 3. The molecule has 2 aliphatic heterocycles. The molecule has 2 aliphatic rings. The summed E-state index contributed by atoms with van der Waals surface area (Å²) >= 11 is 0. The van der Waals surface area contributed by atoms with Crippen LogP contribution in [0.3, 0.4) is 0 Å². The van der Waals surface area contributed by atoms with Crippen LogP contribution in [0.5, 0.6) is 0 Å². The number of nitrogens with zero attached hydrogens (tertiary/aromatic N) is 2. The van der Waals surface area contributed by atoms with Crippen molar-refractivity contribution < 1.29 is 9.32 Å². The van der Waals surface area contributed by atoms with Crippen molar-refractivity contribution in [2.24, 2.45) is 0 Å². The number of amides is 1. The molecule has 2 atom stereocenters. The number of fused-ring (bicyclic) bond motifs is 2. The van der Waals surface area contributed by atoms with Crippen LogP contribution in [0.1, 0.15) is 36.2 Å². The fourth-order valence-corrected chi connectivity index (χ4v) is 3.47. The number of halogens is 2. The van der Waals surface area contributed by atoms with Gasteiger partial charge < -0.3 is 15.2 Å². The summed E-state index contributed by atoms with van der Waals surface area (Å²) in [5.41, 5.74) is 1.19. The monoisotopic (exact) mass is 370 g/mol. The van der Waals surface area contributed by atoms with Gasteiger partial charge in [0.15, 0.2) is 11.5 Å². The second-order valence-corrected chi connectivity index (χ2v) is 6.09. The van der Waals surface area contributed by atoms with E-state index in [9.17, 15) is 4.79 Å². The highest BCUT2D eigenvalue weighted by Gasteiger charge is 2.34. The number of hydrogen-bond acceptors (Lipinski definition) is 5. The van der Waals surface area contributed by atoms with Gasteiger partial charge >= 0.3 is 0 Å². The van der Waals surface area contributed by atoms with Gasteiger partial charge in [0, 0.05) is 42.1 Å². The van der Waals surface area contributed by atoms with Crippen LogP contribution in [0.4, 0.5) is 0 Å². The van der Waals surface area contributed by atoms with E-state index in [0.29, 0.717) is 23.5 Å². The molecule has 0 aliphatic carbocycles. The third-order valence-electron chi connectivity index (χ3n) is 4.52. The minimum absolute atomic E-state index is 0. The van der Waals surface area contributed by atoms with Gasteiger partial charge in [-0.3, -0.25) is 9.78 Å². The lowest BCUT2D eigenvalue weighted by atomic mass is 10.00.